The molecule has 3 aromatic rings. The van der Waals surface area contributed by atoms with Crippen molar-refractivity contribution in [3.63, 3.8) is 0 Å². The second-order valence-corrected chi connectivity index (χ2v) is 5.32. The van der Waals surface area contributed by atoms with Gasteiger partial charge in [0.1, 0.15) is 5.75 Å². The summed E-state index contributed by atoms with van der Waals surface area (Å²) in [5, 5.41) is 4.17. The molecule has 0 bridgehead atoms. The molecule has 4 nitrogen and oxygen atoms in total. The van der Waals surface area contributed by atoms with Crippen LogP contribution >= 0.6 is 0 Å². The first-order valence-electron chi connectivity index (χ1n) is 7.84. The van der Waals surface area contributed by atoms with Crippen molar-refractivity contribution in [1.82, 2.24) is 10.3 Å². The zero-order valence-corrected chi connectivity index (χ0v) is 13.1. The van der Waals surface area contributed by atoms with Crippen LogP contribution in [0.1, 0.15) is 22.8 Å². The van der Waals surface area contributed by atoms with Gasteiger partial charge >= 0.3 is 0 Å². The summed E-state index contributed by atoms with van der Waals surface area (Å²) >= 11 is 0. The lowest BCUT2D eigenvalue weighted by Gasteiger charge is -2.06. The summed E-state index contributed by atoms with van der Waals surface area (Å²) < 4.78 is 5.38. The van der Waals surface area contributed by atoms with E-state index in [0.717, 1.165) is 17.7 Å². The monoisotopic (exact) mass is 308 g/mol. The van der Waals surface area contributed by atoms with Gasteiger partial charge in [0.05, 0.1) is 6.61 Å². The number of amides is 1. The number of fused-ring (bicyclic) bond motifs is 1. The van der Waals surface area contributed by atoms with E-state index in [2.05, 4.69) is 22.4 Å². The minimum absolute atomic E-state index is 0.0621. The van der Waals surface area contributed by atoms with Gasteiger partial charge in [-0.3, -0.25) is 4.79 Å². The molecule has 1 amide bonds. The van der Waals surface area contributed by atoms with Crippen molar-refractivity contribution in [2.45, 2.75) is 13.3 Å². The molecule has 0 fully saturated rings. The van der Waals surface area contributed by atoms with Crippen molar-refractivity contribution < 1.29 is 9.53 Å². The summed E-state index contributed by atoms with van der Waals surface area (Å²) in [5.74, 6) is 0.718. The average molecular weight is 308 g/mol. The molecule has 2 N–H and O–H groups in total. The lowest BCUT2D eigenvalue weighted by molar-refractivity contribution is 0.0954. The summed E-state index contributed by atoms with van der Waals surface area (Å²) in [7, 11) is 0. The van der Waals surface area contributed by atoms with Gasteiger partial charge in [0.2, 0.25) is 0 Å². The van der Waals surface area contributed by atoms with Crippen LogP contribution in [0.2, 0.25) is 0 Å². The van der Waals surface area contributed by atoms with E-state index < -0.39 is 0 Å². The van der Waals surface area contributed by atoms with Gasteiger partial charge in [-0.25, -0.2) is 0 Å². The van der Waals surface area contributed by atoms with Crippen molar-refractivity contribution >= 4 is 16.8 Å². The summed E-state index contributed by atoms with van der Waals surface area (Å²) in [6.07, 6.45) is 2.81. The van der Waals surface area contributed by atoms with Crippen molar-refractivity contribution in [2.75, 3.05) is 13.2 Å². The predicted molar refractivity (Wildman–Crippen MR) is 91.9 cm³/mol. The van der Waals surface area contributed by atoms with Crippen LogP contribution in [-0.4, -0.2) is 24.0 Å². The Bertz CT molecular complexity index is 790. The first-order valence-corrected chi connectivity index (χ1v) is 7.84. The van der Waals surface area contributed by atoms with E-state index in [0.29, 0.717) is 18.7 Å². The van der Waals surface area contributed by atoms with Gasteiger partial charge in [-0.2, -0.15) is 0 Å². The normalized spacial score (nSPS) is 10.7. The van der Waals surface area contributed by atoms with Gasteiger partial charge in [-0.15, -0.1) is 0 Å². The van der Waals surface area contributed by atoms with E-state index in [1.807, 2.05) is 37.4 Å². The molecule has 1 heterocycles. The molecule has 2 aromatic carbocycles. The Hall–Kier alpha value is -2.75. The summed E-state index contributed by atoms with van der Waals surface area (Å²) in [6.45, 7) is 3.16. The van der Waals surface area contributed by atoms with E-state index >= 15 is 0 Å². The van der Waals surface area contributed by atoms with Crippen molar-refractivity contribution in [3.8, 4) is 5.75 Å². The van der Waals surface area contributed by atoms with Crippen molar-refractivity contribution in [3.05, 3.63) is 65.9 Å². The summed E-state index contributed by atoms with van der Waals surface area (Å²) in [4.78, 5) is 15.4. The largest absolute Gasteiger partial charge is 0.494 e. The van der Waals surface area contributed by atoms with E-state index in [1.165, 1.54) is 10.9 Å². The maximum atomic E-state index is 12.1. The fourth-order valence-corrected chi connectivity index (χ4v) is 2.62. The number of ether oxygens (including phenoxy) is 1. The van der Waals surface area contributed by atoms with Gasteiger partial charge in [-0.05, 0) is 49.2 Å². The molecule has 118 valence electrons. The van der Waals surface area contributed by atoms with Crippen LogP contribution in [0.3, 0.4) is 0 Å². The fraction of sp³-hybridized carbons (Fsp3) is 0.211. The molecule has 0 spiro atoms. The molecule has 0 aliphatic carbocycles. The highest BCUT2D eigenvalue weighted by Crippen LogP contribution is 2.17. The molecule has 0 aliphatic heterocycles. The highest BCUT2D eigenvalue weighted by molar-refractivity contribution is 5.94. The van der Waals surface area contributed by atoms with Crippen LogP contribution in [-0.2, 0) is 6.42 Å². The van der Waals surface area contributed by atoms with E-state index in [1.54, 1.807) is 12.1 Å². The van der Waals surface area contributed by atoms with Crippen LogP contribution in [0, 0.1) is 0 Å². The fourth-order valence-electron chi connectivity index (χ4n) is 2.62. The third-order valence-corrected chi connectivity index (χ3v) is 3.78. The van der Waals surface area contributed by atoms with Crippen LogP contribution in [0.25, 0.3) is 10.9 Å². The number of aromatic nitrogens is 1. The Morgan fingerprint density at radius 2 is 1.91 bits per heavy atom. The SMILES string of the molecule is CCOc1ccc(C(=O)NCCc2c[nH]c3ccccc23)cc1. The molecule has 0 saturated carbocycles. The highest BCUT2D eigenvalue weighted by Gasteiger charge is 2.07. The lowest BCUT2D eigenvalue weighted by Crippen LogP contribution is -2.25. The molecular formula is C19H20N2O2. The molecule has 3 rings (SSSR count). The standard InChI is InChI=1S/C19H20N2O2/c1-2-23-16-9-7-14(8-10-16)19(22)20-12-11-15-13-21-18-6-4-3-5-17(15)18/h3-10,13,21H,2,11-12H2,1H3,(H,20,22). The number of nitrogens with one attached hydrogen (secondary N) is 2. The molecule has 0 unspecified atom stereocenters. The molecule has 0 radical (unpaired) electrons. The number of H-pyrrole nitrogens is 1. The average Bonchev–Trinajstić information content (AvgIpc) is 2.99. The molecule has 0 saturated heterocycles. The molecule has 4 heteroatoms. The number of para-hydroxylation sites is 1. The second kappa shape index (κ2) is 7.01. The van der Waals surface area contributed by atoms with Gasteiger partial charge in [0, 0.05) is 29.2 Å². The third kappa shape index (κ3) is 3.54. The second-order valence-electron chi connectivity index (χ2n) is 5.32. The number of benzene rings is 2. The first kappa shape index (κ1) is 15.2. The minimum Gasteiger partial charge on any atom is -0.494 e. The number of rotatable bonds is 6. The van der Waals surface area contributed by atoms with E-state index in [4.69, 9.17) is 4.74 Å². The Balaban J connectivity index is 1.56. The topological polar surface area (TPSA) is 54.1 Å². The number of carbonyl (C=O) groups is 1. The smallest absolute Gasteiger partial charge is 0.251 e. The molecular weight excluding hydrogens is 288 g/mol. The van der Waals surface area contributed by atoms with E-state index in [-0.39, 0.29) is 5.91 Å². The molecule has 0 aliphatic rings. The van der Waals surface area contributed by atoms with Crippen molar-refractivity contribution in [2.24, 2.45) is 0 Å². The predicted octanol–water partition coefficient (Wildman–Crippen LogP) is 3.54. The maximum Gasteiger partial charge on any atom is 0.251 e. The van der Waals surface area contributed by atoms with Crippen molar-refractivity contribution in [1.29, 1.82) is 0 Å². The Morgan fingerprint density at radius 3 is 2.70 bits per heavy atom. The number of aromatic amines is 1. The van der Waals surface area contributed by atoms with Gasteiger partial charge in [-0.1, -0.05) is 18.2 Å². The summed E-state index contributed by atoms with van der Waals surface area (Å²) in [5.41, 5.74) is 2.99. The number of carbonyl (C=O) groups excluding carboxylic acids is 1. The zero-order chi connectivity index (χ0) is 16.1. The molecule has 23 heavy (non-hydrogen) atoms. The quantitative estimate of drug-likeness (QED) is 0.732. The Kier molecular flexibility index (Phi) is 4.62. The minimum atomic E-state index is -0.0621. The van der Waals surface area contributed by atoms with E-state index in [9.17, 15) is 4.79 Å². The van der Waals surface area contributed by atoms with Crippen LogP contribution < -0.4 is 10.1 Å². The first-order chi connectivity index (χ1) is 11.3. The summed E-state index contributed by atoms with van der Waals surface area (Å²) in [6, 6.07) is 15.4. The van der Waals surface area contributed by atoms with Gasteiger partial charge in [0.15, 0.2) is 0 Å². The van der Waals surface area contributed by atoms with Gasteiger partial charge < -0.3 is 15.0 Å². The molecule has 1 aromatic heterocycles. The number of hydrogen-bond donors (Lipinski definition) is 2. The Labute approximate surface area is 135 Å². The van der Waals surface area contributed by atoms with Gasteiger partial charge in [0.25, 0.3) is 5.91 Å². The lowest BCUT2D eigenvalue weighted by atomic mass is 10.1. The van der Waals surface area contributed by atoms with Crippen LogP contribution in [0.5, 0.6) is 5.75 Å². The Morgan fingerprint density at radius 1 is 1.13 bits per heavy atom. The van der Waals surface area contributed by atoms with Crippen LogP contribution in [0.15, 0.2) is 54.7 Å². The third-order valence-electron chi connectivity index (χ3n) is 3.78. The highest BCUT2D eigenvalue weighted by atomic mass is 16.5. The molecule has 0 atom stereocenters. The number of hydrogen-bond acceptors (Lipinski definition) is 2. The van der Waals surface area contributed by atoms with Crippen LogP contribution in [0.4, 0.5) is 0 Å². The maximum absolute atomic E-state index is 12.1. The zero-order valence-electron chi connectivity index (χ0n) is 13.1.